The van der Waals surface area contributed by atoms with E-state index in [2.05, 4.69) is 4.99 Å². The highest BCUT2D eigenvalue weighted by atomic mass is 35.5. The number of nitro benzene ring substituents is 1. The molecule has 0 aliphatic rings. The maximum Gasteiger partial charge on any atom is 0.326 e. The van der Waals surface area contributed by atoms with Crippen LogP contribution in [0.5, 0.6) is 11.5 Å². The summed E-state index contributed by atoms with van der Waals surface area (Å²) in [5.41, 5.74) is -0.143. The number of amides is 1. The smallest absolute Gasteiger partial charge is 0.326 e. The molecule has 0 fully saturated rings. The molecule has 0 radical (unpaired) electrons. The lowest BCUT2D eigenvalue weighted by Gasteiger charge is -2.09. The van der Waals surface area contributed by atoms with Crippen LogP contribution in [0.3, 0.4) is 0 Å². The summed E-state index contributed by atoms with van der Waals surface area (Å²) in [5, 5.41) is 11.5. The Balaban J connectivity index is 2.23. The molecule has 10 nitrogen and oxygen atoms in total. The van der Waals surface area contributed by atoms with Crippen LogP contribution in [0.1, 0.15) is 17.3 Å². The number of thiazole rings is 1. The predicted octanol–water partition coefficient (Wildman–Crippen LogP) is 3.59. The lowest BCUT2D eigenvalue weighted by atomic mass is 10.2. The summed E-state index contributed by atoms with van der Waals surface area (Å²) in [5.74, 6) is -0.543. The Morgan fingerprint density at radius 2 is 1.88 bits per heavy atom. The van der Waals surface area contributed by atoms with Crippen molar-refractivity contribution in [3.63, 3.8) is 0 Å². The number of nitrogens with zero attached hydrogens (tertiary/aromatic N) is 3. The first kappa shape index (κ1) is 23.2. The number of fused-ring (bicyclic) bond motifs is 1. The summed E-state index contributed by atoms with van der Waals surface area (Å²) >= 11 is 7.03. The normalized spacial score (nSPS) is 11.4. The van der Waals surface area contributed by atoms with E-state index in [1.54, 1.807) is 19.1 Å². The molecule has 1 aromatic heterocycles. The molecule has 168 valence electrons. The molecule has 0 bridgehead atoms. The molecular weight excluding hydrogens is 462 g/mol. The number of hydrogen-bond donors (Lipinski definition) is 0. The van der Waals surface area contributed by atoms with E-state index in [0.717, 1.165) is 17.4 Å². The number of carbonyl (C=O) groups excluding carboxylic acids is 2. The van der Waals surface area contributed by atoms with Gasteiger partial charge in [0.25, 0.3) is 11.6 Å². The minimum absolute atomic E-state index is 0.141. The molecule has 12 heteroatoms. The fourth-order valence-electron chi connectivity index (χ4n) is 2.96. The summed E-state index contributed by atoms with van der Waals surface area (Å²) in [6.07, 6.45) is 0. The number of methoxy groups -OCH3 is 2. The minimum atomic E-state index is -0.873. The average molecular weight is 480 g/mol. The second kappa shape index (κ2) is 9.79. The molecule has 1 heterocycles. The number of carbonyl (C=O) groups is 2. The maximum absolute atomic E-state index is 12.9. The fraction of sp³-hybridized carbons (Fsp3) is 0.250. The average Bonchev–Trinajstić information content (AvgIpc) is 3.08. The first-order chi connectivity index (χ1) is 15.3. The molecule has 0 saturated heterocycles. The van der Waals surface area contributed by atoms with Crippen LogP contribution in [-0.4, -0.2) is 42.2 Å². The molecule has 0 N–H and O–H groups in total. The van der Waals surface area contributed by atoms with E-state index in [0.29, 0.717) is 21.7 Å². The Morgan fingerprint density at radius 3 is 2.50 bits per heavy atom. The summed E-state index contributed by atoms with van der Waals surface area (Å²) < 4.78 is 17.8. The number of esters is 1. The van der Waals surface area contributed by atoms with Gasteiger partial charge in [-0.05, 0) is 19.1 Å². The zero-order chi connectivity index (χ0) is 23.4. The van der Waals surface area contributed by atoms with Gasteiger partial charge in [-0.2, -0.15) is 4.99 Å². The zero-order valence-electron chi connectivity index (χ0n) is 17.3. The zero-order valence-corrected chi connectivity index (χ0v) is 18.9. The Kier molecular flexibility index (Phi) is 7.11. The lowest BCUT2D eigenvalue weighted by Crippen LogP contribution is -2.23. The topological polar surface area (TPSA) is 122 Å². The molecule has 0 aliphatic heterocycles. The van der Waals surface area contributed by atoms with Gasteiger partial charge in [-0.25, -0.2) is 0 Å². The van der Waals surface area contributed by atoms with Gasteiger partial charge in [0.2, 0.25) is 0 Å². The summed E-state index contributed by atoms with van der Waals surface area (Å²) in [4.78, 5) is 39.9. The van der Waals surface area contributed by atoms with E-state index in [-0.39, 0.29) is 28.5 Å². The molecule has 1 amide bonds. The van der Waals surface area contributed by atoms with Crippen LogP contribution in [0.25, 0.3) is 10.2 Å². The van der Waals surface area contributed by atoms with Gasteiger partial charge < -0.3 is 18.8 Å². The SMILES string of the molecule is CCOC(=O)Cn1c(=NC(=O)c2cc(Cl)ccc2[N+](=O)[O-])sc2cc(OC)c(OC)cc21. The van der Waals surface area contributed by atoms with Gasteiger partial charge in [0.05, 0.1) is 36.0 Å². The van der Waals surface area contributed by atoms with Crippen LogP contribution < -0.4 is 14.3 Å². The van der Waals surface area contributed by atoms with Gasteiger partial charge in [0.15, 0.2) is 16.3 Å². The summed E-state index contributed by atoms with van der Waals surface area (Å²) in [6.45, 7) is 1.63. The molecule has 3 aromatic rings. The van der Waals surface area contributed by atoms with Crippen LogP contribution in [-0.2, 0) is 16.1 Å². The quantitative estimate of drug-likeness (QED) is 0.288. The summed E-state index contributed by atoms with van der Waals surface area (Å²) in [6, 6.07) is 6.97. The standard InChI is InChI=1S/C20H18ClN3O7S/c1-4-31-18(25)10-23-14-8-15(29-2)16(30-3)9-17(14)32-20(23)22-19(26)12-7-11(21)5-6-13(12)24(27)28/h5-9H,4,10H2,1-3H3. The third kappa shape index (κ3) is 4.73. The van der Waals surface area contributed by atoms with Crippen LogP contribution in [0.15, 0.2) is 35.3 Å². The minimum Gasteiger partial charge on any atom is -0.493 e. The van der Waals surface area contributed by atoms with Crippen LogP contribution in [0.4, 0.5) is 5.69 Å². The lowest BCUT2D eigenvalue weighted by molar-refractivity contribution is -0.385. The first-order valence-electron chi connectivity index (χ1n) is 9.23. The molecule has 0 unspecified atom stereocenters. The number of benzene rings is 2. The largest absolute Gasteiger partial charge is 0.493 e. The molecule has 0 atom stereocenters. The highest BCUT2D eigenvalue weighted by Gasteiger charge is 2.22. The molecule has 0 spiro atoms. The number of rotatable bonds is 7. The number of aromatic nitrogens is 1. The monoisotopic (exact) mass is 479 g/mol. The van der Waals surface area contributed by atoms with E-state index >= 15 is 0 Å². The van der Waals surface area contributed by atoms with E-state index in [9.17, 15) is 19.7 Å². The Hall–Kier alpha value is -3.44. The van der Waals surface area contributed by atoms with Crippen molar-refractivity contribution in [2.75, 3.05) is 20.8 Å². The highest BCUT2D eigenvalue weighted by Crippen LogP contribution is 2.33. The van der Waals surface area contributed by atoms with Crippen molar-refractivity contribution in [2.24, 2.45) is 4.99 Å². The number of ether oxygens (including phenoxy) is 3. The van der Waals surface area contributed by atoms with Gasteiger partial charge in [-0.15, -0.1) is 0 Å². The van der Waals surface area contributed by atoms with Crippen LogP contribution >= 0.6 is 22.9 Å². The number of halogens is 1. The van der Waals surface area contributed by atoms with Gasteiger partial charge >= 0.3 is 5.97 Å². The van der Waals surface area contributed by atoms with E-state index in [1.165, 1.54) is 30.9 Å². The van der Waals surface area contributed by atoms with Crippen molar-refractivity contribution in [3.8, 4) is 11.5 Å². The maximum atomic E-state index is 12.9. The van der Waals surface area contributed by atoms with Gasteiger partial charge in [-0.1, -0.05) is 22.9 Å². The van der Waals surface area contributed by atoms with Crippen molar-refractivity contribution in [3.05, 3.63) is 55.8 Å². The van der Waals surface area contributed by atoms with Gasteiger partial charge in [-0.3, -0.25) is 19.7 Å². The van der Waals surface area contributed by atoms with Gasteiger partial charge in [0, 0.05) is 23.2 Å². The first-order valence-corrected chi connectivity index (χ1v) is 10.4. The van der Waals surface area contributed by atoms with E-state index in [4.69, 9.17) is 25.8 Å². The van der Waals surface area contributed by atoms with Gasteiger partial charge in [0.1, 0.15) is 12.1 Å². The third-order valence-electron chi connectivity index (χ3n) is 4.36. The van der Waals surface area contributed by atoms with Crippen molar-refractivity contribution >= 4 is 50.7 Å². The molecule has 0 saturated carbocycles. The van der Waals surface area contributed by atoms with Crippen molar-refractivity contribution in [2.45, 2.75) is 13.5 Å². The number of hydrogen-bond acceptors (Lipinski definition) is 8. The second-order valence-electron chi connectivity index (χ2n) is 6.29. The number of nitro groups is 1. The Bertz CT molecular complexity index is 1280. The predicted molar refractivity (Wildman–Crippen MR) is 118 cm³/mol. The molecule has 3 rings (SSSR count). The third-order valence-corrected chi connectivity index (χ3v) is 5.64. The molecule has 32 heavy (non-hydrogen) atoms. The Labute approximate surface area is 190 Å². The summed E-state index contributed by atoms with van der Waals surface area (Å²) in [7, 11) is 2.95. The van der Waals surface area contributed by atoms with Crippen LogP contribution in [0, 0.1) is 10.1 Å². The molecular formula is C20H18ClN3O7S. The van der Waals surface area contributed by atoms with Crippen molar-refractivity contribution in [1.29, 1.82) is 0 Å². The molecule has 2 aromatic carbocycles. The fourth-order valence-corrected chi connectivity index (χ4v) is 4.17. The molecule has 0 aliphatic carbocycles. The second-order valence-corrected chi connectivity index (χ2v) is 7.73. The van der Waals surface area contributed by atoms with Crippen molar-refractivity contribution < 1.29 is 28.7 Å². The van der Waals surface area contributed by atoms with E-state index < -0.39 is 22.5 Å². The van der Waals surface area contributed by atoms with Crippen LogP contribution in [0.2, 0.25) is 5.02 Å². The highest BCUT2D eigenvalue weighted by molar-refractivity contribution is 7.16. The van der Waals surface area contributed by atoms with E-state index in [1.807, 2.05) is 0 Å². The van der Waals surface area contributed by atoms with Crippen molar-refractivity contribution in [1.82, 2.24) is 4.57 Å². The Morgan fingerprint density at radius 1 is 1.19 bits per heavy atom.